The number of pyridine rings is 1. The number of benzene rings is 1. The van der Waals surface area contributed by atoms with Crippen LogP contribution in [0.4, 0.5) is 17.3 Å². The number of rotatable bonds is 11. The predicted octanol–water partition coefficient (Wildman–Crippen LogP) is 4.68. The molecule has 0 bridgehead atoms. The molecule has 0 saturated carbocycles. The molecule has 0 unspecified atom stereocenters. The Balaban J connectivity index is 1.43. The van der Waals surface area contributed by atoms with Crippen molar-refractivity contribution in [2.45, 2.75) is 25.8 Å². The standard InChI is InChI=1S/C25H29Cl2N7O3/c26-18-4-5-19(20(27)15-18)17-14-22(25(35)30-9-13-32-10-1-2-11-32)33(16-17)12-3-8-29-23-7-6-21(34(36)37)24(28)31-23/h4-7,14-16H,1-3,8-13H2,(H,30,35)(H3,28,29,31). The Hall–Kier alpha value is -3.34. The lowest BCUT2D eigenvalue weighted by atomic mass is 10.1. The van der Waals surface area contributed by atoms with Gasteiger partial charge in [-0.1, -0.05) is 29.3 Å². The first-order valence-corrected chi connectivity index (χ1v) is 12.9. The van der Waals surface area contributed by atoms with Crippen molar-refractivity contribution in [1.29, 1.82) is 0 Å². The molecule has 1 aliphatic heterocycles. The molecule has 1 fully saturated rings. The number of carbonyl (C=O) groups is 1. The maximum absolute atomic E-state index is 13.1. The Morgan fingerprint density at radius 1 is 1.11 bits per heavy atom. The van der Waals surface area contributed by atoms with Gasteiger partial charge in [0, 0.05) is 59.6 Å². The molecule has 4 N–H and O–H groups in total. The van der Waals surface area contributed by atoms with Gasteiger partial charge < -0.3 is 25.8 Å². The molecule has 2 aromatic heterocycles. The topological polar surface area (TPSA) is 131 Å². The molecule has 3 heterocycles. The fourth-order valence-electron chi connectivity index (χ4n) is 4.37. The van der Waals surface area contributed by atoms with Crippen molar-refractivity contribution in [2.24, 2.45) is 0 Å². The number of hydrogen-bond acceptors (Lipinski definition) is 7. The first kappa shape index (κ1) is 26.7. The van der Waals surface area contributed by atoms with Crippen LogP contribution < -0.4 is 16.4 Å². The van der Waals surface area contributed by atoms with Crippen molar-refractivity contribution >= 4 is 46.4 Å². The van der Waals surface area contributed by atoms with Crippen molar-refractivity contribution in [1.82, 2.24) is 19.8 Å². The van der Waals surface area contributed by atoms with Crippen molar-refractivity contribution in [3.8, 4) is 11.1 Å². The fraction of sp³-hybridized carbons (Fsp3) is 0.360. The highest BCUT2D eigenvalue weighted by atomic mass is 35.5. The van der Waals surface area contributed by atoms with Crippen molar-refractivity contribution in [2.75, 3.05) is 43.8 Å². The summed E-state index contributed by atoms with van der Waals surface area (Å²) in [6, 6.07) is 9.96. The lowest BCUT2D eigenvalue weighted by molar-refractivity contribution is -0.384. The summed E-state index contributed by atoms with van der Waals surface area (Å²) >= 11 is 12.5. The number of nitrogens with zero attached hydrogens (tertiary/aromatic N) is 4. The van der Waals surface area contributed by atoms with E-state index in [0.717, 1.165) is 30.8 Å². The number of likely N-dealkylation sites (tertiary alicyclic amines) is 1. The molecule has 1 aromatic carbocycles. The summed E-state index contributed by atoms with van der Waals surface area (Å²) in [6.45, 7) is 4.64. The average Bonchev–Trinajstić information content (AvgIpc) is 3.52. The summed E-state index contributed by atoms with van der Waals surface area (Å²) in [4.78, 5) is 29.8. The zero-order chi connectivity index (χ0) is 26.4. The number of aromatic nitrogens is 2. The number of hydrogen-bond donors (Lipinski definition) is 3. The smallest absolute Gasteiger partial charge is 0.311 e. The Morgan fingerprint density at radius 2 is 1.89 bits per heavy atom. The average molecular weight is 546 g/mol. The van der Waals surface area contributed by atoms with Crippen LogP contribution in [0.2, 0.25) is 10.0 Å². The normalized spacial score (nSPS) is 13.6. The number of nitrogens with one attached hydrogen (secondary N) is 2. The molecule has 3 aromatic rings. The lowest BCUT2D eigenvalue weighted by Crippen LogP contribution is -2.34. The van der Waals surface area contributed by atoms with Gasteiger partial charge in [-0.05, 0) is 56.6 Å². The molecule has 0 aliphatic carbocycles. The van der Waals surface area contributed by atoms with Crippen LogP contribution in [0, 0.1) is 10.1 Å². The number of halogens is 2. The number of carbonyl (C=O) groups excluding carboxylic acids is 1. The number of nitrogen functional groups attached to an aromatic ring is 1. The van der Waals surface area contributed by atoms with E-state index in [1.54, 1.807) is 12.1 Å². The molecule has 10 nitrogen and oxygen atoms in total. The molecule has 4 rings (SSSR count). The summed E-state index contributed by atoms with van der Waals surface area (Å²) in [5, 5.41) is 18.1. The van der Waals surface area contributed by atoms with E-state index in [9.17, 15) is 14.9 Å². The third-order valence-corrected chi connectivity index (χ3v) is 6.81. The third-order valence-electron chi connectivity index (χ3n) is 6.26. The second-order valence-electron chi connectivity index (χ2n) is 8.87. The van der Waals surface area contributed by atoms with E-state index in [4.69, 9.17) is 28.9 Å². The Bertz CT molecular complexity index is 1280. The first-order chi connectivity index (χ1) is 17.8. The van der Waals surface area contributed by atoms with Crippen LogP contribution in [0.15, 0.2) is 42.6 Å². The Labute approximate surface area is 224 Å². The molecule has 12 heteroatoms. The van der Waals surface area contributed by atoms with Gasteiger partial charge in [0.2, 0.25) is 5.82 Å². The van der Waals surface area contributed by atoms with Gasteiger partial charge in [0.1, 0.15) is 11.5 Å². The molecule has 37 heavy (non-hydrogen) atoms. The van der Waals surface area contributed by atoms with Crippen LogP contribution in [0.1, 0.15) is 29.8 Å². The molecule has 0 atom stereocenters. The Kier molecular flexibility index (Phi) is 8.86. The molecule has 1 amide bonds. The van der Waals surface area contributed by atoms with E-state index in [1.165, 1.54) is 25.0 Å². The van der Waals surface area contributed by atoms with Crippen LogP contribution in [0.25, 0.3) is 11.1 Å². The monoisotopic (exact) mass is 545 g/mol. The van der Waals surface area contributed by atoms with Gasteiger partial charge in [0.05, 0.1) is 4.92 Å². The molecule has 0 spiro atoms. The molecule has 196 valence electrons. The summed E-state index contributed by atoms with van der Waals surface area (Å²) in [5.41, 5.74) is 7.59. The zero-order valence-corrected chi connectivity index (χ0v) is 21.8. The molecule has 0 radical (unpaired) electrons. The van der Waals surface area contributed by atoms with E-state index in [1.807, 2.05) is 22.9 Å². The first-order valence-electron chi connectivity index (χ1n) is 12.1. The van der Waals surface area contributed by atoms with Crippen molar-refractivity contribution < 1.29 is 9.72 Å². The highest BCUT2D eigenvalue weighted by Gasteiger charge is 2.18. The molecular formula is C25H29Cl2N7O3. The number of amides is 1. The zero-order valence-electron chi connectivity index (χ0n) is 20.3. The van der Waals surface area contributed by atoms with Crippen LogP contribution in [0.5, 0.6) is 0 Å². The quantitative estimate of drug-likeness (QED) is 0.181. The number of aryl methyl sites for hydroxylation is 1. The third kappa shape index (κ3) is 6.91. The SMILES string of the molecule is Nc1nc(NCCCn2cc(-c3ccc(Cl)cc3Cl)cc2C(=O)NCCN2CCCC2)ccc1[N+](=O)[O-]. The molecular weight excluding hydrogens is 517 g/mol. The van der Waals surface area contributed by atoms with Crippen LogP contribution in [0.3, 0.4) is 0 Å². The van der Waals surface area contributed by atoms with Gasteiger partial charge in [0.15, 0.2) is 0 Å². The second-order valence-corrected chi connectivity index (χ2v) is 9.72. The van der Waals surface area contributed by atoms with Crippen molar-refractivity contribution in [3.63, 3.8) is 0 Å². The van der Waals surface area contributed by atoms with Gasteiger partial charge in [-0.25, -0.2) is 4.98 Å². The van der Waals surface area contributed by atoms with E-state index < -0.39 is 4.92 Å². The van der Waals surface area contributed by atoms with Gasteiger partial charge >= 0.3 is 5.69 Å². The summed E-state index contributed by atoms with van der Waals surface area (Å²) < 4.78 is 1.91. The van der Waals surface area contributed by atoms with Gasteiger partial charge in [-0.15, -0.1) is 0 Å². The Morgan fingerprint density at radius 3 is 2.59 bits per heavy atom. The summed E-state index contributed by atoms with van der Waals surface area (Å²) in [5.74, 6) is 0.162. The largest absolute Gasteiger partial charge is 0.378 e. The van der Waals surface area contributed by atoms with Gasteiger partial charge in [-0.2, -0.15) is 0 Å². The minimum Gasteiger partial charge on any atom is -0.378 e. The van der Waals surface area contributed by atoms with Crippen molar-refractivity contribution in [3.05, 3.63) is 68.4 Å². The van der Waals surface area contributed by atoms with E-state index in [2.05, 4.69) is 20.5 Å². The number of nitrogens with two attached hydrogens (primary N) is 1. The minimum atomic E-state index is -0.569. The predicted molar refractivity (Wildman–Crippen MR) is 146 cm³/mol. The fourth-order valence-corrected chi connectivity index (χ4v) is 4.88. The molecule has 1 saturated heterocycles. The molecule has 1 aliphatic rings. The highest BCUT2D eigenvalue weighted by molar-refractivity contribution is 6.36. The van der Waals surface area contributed by atoms with E-state index >= 15 is 0 Å². The maximum atomic E-state index is 13.1. The summed E-state index contributed by atoms with van der Waals surface area (Å²) in [6.07, 6.45) is 4.98. The highest BCUT2D eigenvalue weighted by Crippen LogP contribution is 2.32. The number of nitro groups is 1. The van der Waals surface area contributed by atoms with Gasteiger partial charge in [0.25, 0.3) is 5.91 Å². The van der Waals surface area contributed by atoms with Crippen LogP contribution in [-0.2, 0) is 6.54 Å². The summed E-state index contributed by atoms with van der Waals surface area (Å²) in [7, 11) is 0. The second kappa shape index (κ2) is 12.3. The van der Waals surface area contributed by atoms with Gasteiger partial charge in [-0.3, -0.25) is 14.9 Å². The lowest BCUT2D eigenvalue weighted by Gasteiger charge is -2.15. The van der Waals surface area contributed by atoms with Crippen LogP contribution >= 0.6 is 23.2 Å². The number of anilines is 2. The van der Waals surface area contributed by atoms with E-state index in [-0.39, 0.29) is 17.4 Å². The maximum Gasteiger partial charge on any atom is 0.311 e. The van der Waals surface area contributed by atoms with Crippen LogP contribution in [-0.4, -0.2) is 58.0 Å². The van der Waals surface area contributed by atoms with E-state index in [0.29, 0.717) is 47.6 Å². The minimum absolute atomic E-state index is 0.141.